The number of allylic oxidation sites excluding steroid dienone is 1. The van der Waals surface area contributed by atoms with Gasteiger partial charge < -0.3 is 30.5 Å². The molecule has 4 rings (SSSR count). The van der Waals surface area contributed by atoms with Crippen molar-refractivity contribution in [2.45, 2.75) is 56.8 Å². The number of carbonyl (C=O) groups is 4. The number of carbonyl (C=O) groups excluding carboxylic acids is 4. The molecule has 0 fully saturated rings. The lowest BCUT2D eigenvalue weighted by Crippen LogP contribution is -2.47. The van der Waals surface area contributed by atoms with Crippen LogP contribution in [0.1, 0.15) is 36.0 Å². The zero-order chi connectivity index (χ0) is 32.6. The van der Waals surface area contributed by atoms with Gasteiger partial charge in [0.15, 0.2) is 0 Å². The fourth-order valence-electron chi connectivity index (χ4n) is 5.12. The van der Waals surface area contributed by atoms with E-state index in [1.54, 1.807) is 12.2 Å². The van der Waals surface area contributed by atoms with Crippen LogP contribution in [0, 0.1) is 5.92 Å². The molecule has 0 saturated heterocycles. The van der Waals surface area contributed by atoms with Crippen molar-refractivity contribution in [3.8, 4) is 0 Å². The third-order valence-electron chi connectivity index (χ3n) is 7.56. The van der Waals surface area contributed by atoms with Gasteiger partial charge in [-0.3, -0.25) is 9.59 Å². The van der Waals surface area contributed by atoms with Gasteiger partial charge in [-0.2, -0.15) is 0 Å². The molecule has 46 heavy (non-hydrogen) atoms. The molecule has 0 unspecified atom stereocenters. The Kier molecular flexibility index (Phi) is 13.4. The van der Waals surface area contributed by atoms with Crippen LogP contribution in [-0.2, 0) is 43.3 Å². The molecule has 3 amide bonds. The smallest absolute Gasteiger partial charge is 0.408 e. The van der Waals surface area contributed by atoms with Crippen molar-refractivity contribution in [2.24, 2.45) is 5.92 Å². The molecule has 1 aliphatic rings. The van der Waals surface area contributed by atoms with Crippen molar-refractivity contribution in [2.75, 3.05) is 13.2 Å². The van der Waals surface area contributed by atoms with Gasteiger partial charge in [-0.15, -0.1) is 0 Å². The SMILES string of the molecule is O=C(C[C@H]1CC=CC[C@@H](NC(=O)OCc2ccccc2)C(=O)OC[C@@H](Cc2ccccc2)NC1=O)N[C@H](CO)Cc1ccccc1. The molecule has 10 heteroatoms. The van der Waals surface area contributed by atoms with Crippen LogP contribution in [0.4, 0.5) is 4.79 Å². The Hall–Kier alpha value is -4.96. The Morgan fingerprint density at radius 3 is 2.13 bits per heavy atom. The molecule has 242 valence electrons. The van der Waals surface area contributed by atoms with Crippen molar-refractivity contribution < 1.29 is 33.8 Å². The summed E-state index contributed by atoms with van der Waals surface area (Å²) in [5.41, 5.74) is 2.70. The maximum Gasteiger partial charge on any atom is 0.408 e. The first-order valence-corrected chi connectivity index (χ1v) is 15.5. The molecule has 4 atom stereocenters. The number of aliphatic hydroxyl groups excluding tert-OH is 1. The van der Waals surface area contributed by atoms with Crippen molar-refractivity contribution in [3.63, 3.8) is 0 Å². The van der Waals surface area contributed by atoms with Gasteiger partial charge in [0.2, 0.25) is 11.8 Å². The van der Waals surface area contributed by atoms with Crippen molar-refractivity contribution in [3.05, 3.63) is 120 Å². The van der Waals surface area contributed by atoms with E-state index in [0.717, 1.165) is 16.7 Å². The van der Waals surface area contributed by atoms with Crippen LogP contribution in [0.15, 0.2) is 103 Å². The number of esters is 1. The first-order valence-electron chi connectivity index (χ1n) is 15.5. The highest BCUT2D eigenvalue weighted by Crippen LogP contribution is 2.15. The summed E-state index contributed by atoms with van der Waals surface area (Å²) < 4.78 is 10.9. The van der Waals surface area contributed by atoms with E-state index >= 15 is 0 Å². The van der Waals surface area contributed by atoms with Crippen LogP contribution in [0.25, 0.3) is 0 Å². The molecule has 0 spiro atoms. The lowest BCUT2D eigenvalue weighted by Gasteiger charge is -2.25. The molecule has 0 radical (unpaired) electrons. The molecule has 0 aromatic heterocycles. The molecule has 0 aliphatic carbocycles. The van der Waals surface area contributed by atoms with E-state index in [1.807, 2.05) is 91.0 Å². The summed E-state index contributed by atoms with van der Waals surface area (Å²) >= 11 is 0. The molecule has 4 N–H and O–H groups in total. The van der Waals surface area contributed by atoms with E-state index in [2.05, 4.69) is 16.0 Å². The number of hydrogen-bond acceptors (Lipinski definition) is 7. The van der Waals surface area contributed by atoms with E-state index in [0.29, 0.717) is 12.8 Å². The second-order valence-corrected chi connectivity index (χ2v) is 11.3. The summed E-state index contributed by atoms with van der Waals surface area (Å²) in [5.74, 6) is -2.08. The van der Waals surface area contributed by atoms with Crippen LogP contribution >= 0.6 is 0 Å². The predicted octanol–water partition coefficient (Wildman–Crippen LogP) is 3.63. The van der Waals surface area contributed by atoms with E-state index in [1.165, 1.54) is 0 Å². The lowest BCUT2D eigenvalue weighted by atomic mass is 9.97. The van der Waals surface area contributed by atoms with Gasteiger partial charge >= 0.3 is 12.1 Å². The van der Waals surface area contributed by atoms with E-state index in [4.69, 9.17) is 9.47 Å². The Morgan fingerprint density at radius 1 is 0.870 bits per heavy atom. The zero-order valence-corrected chi connectivity index (χ0v) is 25.7. The van der Waals surface area contributed by atoms with Crippen molar-refractivity contribution in [1.29, 1.82) is 0 Å². The van der Waals surface area contributed by atoms with Crippen LogP contribution in [0.3, 0.4) is 0 Å². The van der Waals surface area contributed by atoms with E-state index in [-0.39, 0.29) is 50.9 Å². The third kappa shape index (κ3) is 11.5. The van der Waals surface area contributed by atoms with Gasteiger partial charge in [-0.1, -0.05) is 103 Å². The summed E-state index contributed by atoms with van der Waals surface area (Å²) in [7, 11) is 0. The first kappa shape index (κ1) is 33.9. The van der Waals surface area contributed by atoms with Crippen molar-refractivity contribution >= 4 is 23.9 Å². The second-order valence-electron chi connectivity index (χ2n) is 11.3. The lowest BCUT2D eigenvalue weighted by molar-refractivity contribution is -0.147. The highest BCUT2D eigenvalue weighted by molar-refractivity contribution is 5.86. The highest BCUT2D eigenvalue weighted by atomic mass is 16.6. The molecule has 1 heterocycles. The fraction of sp³-hybridized carbons (Fsp3) is 0.333. The Balaban J connectivity index is 1.44. The molecule has 3 aromatic carbocycles. The number of ether oxygens (including phenoxy) is 2. The average Bonchev–Trinajstić information content (AvgIpc) is 3.07. The number of rotatable bonds is 11. The van der Waals surface area contributed by atoms with Crippen molar-refractivity contribution in [1.82, 2.24) is 16.0 Å². The zero-order valence-electron chi connectivity index (χ0n) is 25.7. The summed E-state index contributed by atoms with van der Waals surface area (Å²) in [6.45, 7) is -0.339. The van der Waals surface area contributed by atoms with E-state index < -0.39 is 36.1 Å². The number of cyclic esters (lactones) is 1. The number of benzene rings is 3. The second kappa shape index (κ2) is 18.1. The summed E-state index contributed by atoms with van der Waals surface area (Å²) in [6, 6.07) is 26.1. The number of nitrogens with one attached hydrogen (secondary N) is 3. The number of alkyl carbamates (subject to hydrolysis) is 1. The fourth-order valence-corrected chi connectivity index (χ4v) is 5.12. The van der Waals surface area contributed by atoms with Crippen LogP contribution in [0.5, 0.6) is 0 Å². The van der Waals surface area contributed by atoms with Crippen LogP contribution in [0.2, 0.25) is 0 Å². The van der Waals surface area contributed by atoms with Gasteiger partial charge in [-0.05, 0) is 42.4 Å². The summed E-state index contributed by atoms with van der Waals surface area (Å²) in [4.78, 5) is 52.2. The summed E-state index contributed by atoms with van der Waals surface area (Å²) in [5, 5.41) is 18.3. The topological polar surface area (TPSA) is 143 Å². The molecule has 3 aromatic rings. The minimum absolute atomic E-state index is 0.0433. The molecule has 10 nitrogen and oxygen atoms in total. The minimum Gasteiger partial charge on any atom is -0.462 e. The highest BCUT2D eigenvalue weighted by Gasteiger charge is 2.28. The average molecular weight is 628 g/mol. The Bertz CT molecular complexity index is 1430. The molecular formula is C36H41N3O7. The van der Waals surface area contributed by atoms with Gasteiger partial charge in [0.1, 0.15) is 19.3 Å². The van der Waals surface area contributed by atoms with Gasteiger partial charge in [0, 0.05) is 6.42 Å². The Morgan fingerprint density at radius 2 is 1.48 bits per heavy atom. The largest absolute Gasteiger partial charge is 0.462 e. The monoisotopic (exact) mass is 627 g/mol. The minimum atomic E-state index is -1.02. The van der Waals surface area contributed by atoms with Gasteiger partial charge in [0.25, 0.3) is 0 Å². The number of aliphatic hydroxyl groups is 1. The quantitative estimate of drug-likeness (QED) is 0.188. The molecule has 0 bridgehead atoms. The molecule has 0 saturated carbocycles. The third-order valence-corrected chi connectivity index (χ3v) is 7.56. The standard InChI is InChI=1S/C36H41N3O7/c40-23-30(20-26-12-4-1-5-13-26)37-33(41)22-29-18-10-11-19-32(39-36(44)46-24-28-16-8-3-9-17-28)35(43)45-25-31(38-34(29)42)21-27-14-6-2-7-15-27/h1-17,29-32,40H,18-25H2,(H,37,41)(H,38,42)(H,39,44)/t29-,30+,31-,32-/m1/s1. The number of amides is 3. The number of hydrogen-bond donors (Lipinski definition) is 4. The normalized spacial score (nSPS) is 19.4. The van der Waals surface area contributed by atoms with Crippen LogP contribution < -0.4 is 16.0 Å². The maximum atomic E-state index is 13.5. The first-order chi connectivity index (χ1) is 22.4. The summed E-state index contributed by atoms with van der Waals surface area (Å²) in [6.07, 6.45) is 3.69. The molecular weight excluding hydrogens is 586 g/mol. The molecule has 1 aliphatic heterocycles. The van der Waals surface area contributed by atoms with E-state index in [9.17, 15) is 24.3 Å². The van der Waals surface area contributed by atoms with Gasteiger partial charge in [-0.25, -0.2) is 9.59 Å². The maximum absolute atomic E-state index is 13.5. The van der Waals surface area contributed by atoms with Gasteiger partial charge in [0.05, 0.1) is 24.6 Å². The Labute approximate surface area is 269 Å². The predicted molar refractivity (Wildman–Crippen MR) is 172 cm³/mol. The van der Waals surface area contributed by atoms with Crippen LogP contribution in [-0.4, -0.2) is 60.3 Å².